The van der Waals surface area contributed by atoms with E-state index >= 15 is 0 Å². The van der Waals surface area contributed by atoms with Gasteiger partial charge in [-0.05, 0) is 29.7 Å². The molecule has 1 aromatic heterocycles. The van der Waals surface area contributed by atoms with Crippen LogP contribution < -0.4 is 16.0 Å². The topological polar surface area (TPSA) is 88.1 Å². The van der Waals surface area contributed by atoms with Crippen LogP contribution in [0.5, 0.6) is 0 Å². The number of carbonyl (C=O) groups excluding carboxylic acids is 2. The zero-order valence-electron chi connectivity index (χ0n) is 16.3. The second-order valence-corrected chi connectivity index (χ2v) is 7.03. The second-order valence-electron chi connectivity index (χ2n) is 7.03. The normalized spacial score (nSPS) is 18.4. The SMILES string of the molecule is CCCC(=O)Nc1ccc(CNC(=O)[C@H]2CNC[C@@H]2c2cnn(C)c2)cc1.Cl. The van der Waals surface area contributed by atoms with Crippen molar-refractivity contribution in [1.29, 1.82) is 0 Å². The summed E-state index contributed by atoms with van der Waals surface area (Å²) in [5, 5.41) is 13.4. The third-order valence-corrected chi connectivity index (χ3v) is 4.89. The van der Waals surface area contributed by atoms with Gasteiger partial charge in [-0.2, -0.15) is 5.10 Å². The van der Waals surface area contributed by atoms with Crippen LogP contribution in [0.1, 0.15) is 36.8 Å². The highest BCUT2D eigenvalue weighted by Crippen LogP contribution is 2.28. The Balaban J connectivity index is 0.00000280. The summed E-state index contributed by atoms with van der Waals surface area (Å²) in [5.41, 5.74) is 2.87. The number of aryl methyl sites for hydroxylation is 1. The number of nitrogens with zero attached hydrogens (tertiary/aromatic N) is 2. The molecule has 0 radical (unpaired) electrons. The van der Waals surface area contributed by atoms with Crippen molar-refractivity contribution in [3.05, 3.63) is 47.8 Å². The predicted octanol–water partition coefficient (Wildman–Crippen LogP) is 2.20. The lowest BCUT2D eigenvalue weighted by atomic mass is 9.90. The van der Waals surface area contributed by atoms with E-state index in [-0.39, 0.29) is 36.1 Å². The molecule has 1 aliphatic rings. The van der Waals surface area contributed by atoms with Gasteiger partial charge < -0.3 is 16.0 Å². The maximum atomic E-state index is 12.7. The van der Waals surface area contributed by atoms with E-state index in [0.29, 0.717) is 19.5 Å². The fraction of sp³-hybridized carbons (Fsp3) is 0.450. The lowest BCUT2D eigenvalue weighted by Crippen LogP contribution is -2.33. The smallest absolute Gasteiger partial charge is 0.225 e. The van der Waals surface area contributed by atoms with E-state index in [1.807, 2.05) is 50.6 Å². The molecule has 0 spiro atoms. The van der Waals surface area contributed by atoms with Crippen molar-refractivity contribution in [2.24, 2.45) is 13.0 Å². The minimum atomic E-state index is -0.0956. The monoisotopic (exact) mass is 405 g/mol. The summed E-state index contributed by atoms with van der Waals surface area (Å²) in [6.07, 6.45) is 5.16. The highest BCUT2D eigenvalue weighted by atomic mass is 35.5. The van der Waals surface area contributed by atoms with E-state index in [4.69, 9.17) is 0 Å². The molecule has 2 aromatic rings. The Bertz CT molecular complexity index is 790. The molecular formula is C20H28ClN5O2. The number of benzene rings is 1. The highest BCUT2D eigenvalue weighted by Gasteiger charge is 2.34. The van der Waals surface area contributed by atoms with Crippen molar-refractivity contribution in [3.8, 4) is 0 Å². The Morgan fingerprint density at radius 2 is 2.00 bits per heavy atom. The first-order valence-electron chi connectivity index (χ1n) is 9.42. The van der Waals surface area contributed by atoms with Crippen LogP contribution >= 0.6 is 12.4 Å². The van der Waals surface area contributed by atoms with Crippen LogP contribution in [0.3, 0.4) is 0 Å². The van der Waals surface area contributed by atoms with Crippen LogP contribution in [0.4, 0.5) is 5.69 Å². The van der Waals surface area contributed by atoms with E-state index in [2.05, 4.69) is 21.0 Å². The zero-order valence-corrected chi connectivity index (χ0v) is 17.1. The van der Waals surface area contributed by atoms with Gasteiger partial charge in [0.05, 0.1) is 12.1 Å². The molecule has 3 N–H and O–H groups in total. The molecule has 1 aromatic carbocycles. The number of rotatable bonds is 7. The van der Waals surface area contributed by atoms with Crippen LogP contribution in [0, 0.1) is 5.92 Å². The van der Waals surface area contributed by atoms with Gasteiger partial charge in [0.25, 0.3) is 0 Å². The van der Waals surface area contributed by atoms with Crippen LogP contribution in [0.15, 0.2) is 36.7 Å². The van der Waals surface area contributed by atoms with E-state index in [9.17, 15) is 9.59 Å². The van der Waals surface area contributed by atoms with Gasteiger partial charge in [-0.1, -0.05) is 19.1 Å². The third-order valence-electron chi connectivity index (χ3n) is 4.89. The molecule has 152 valence electrons. The number of halogens is 1. The van der Waals surface area contributed by atoms with Gasteiger partial charge in [-0.15, -0.1) is 12.4 Å². The quantitative estimate of drug-likeness (QED) is 0.659. The molecule has 0 aliphatic carbocycles. The van der Waals surface area contributed by atoms with Gasteiger partial charge in [-0.3, -0.25) is 14.3 Å². The first-order chi connectivity index (χ1) is 13.1. The standard InChI is InChI=1S/C20H27N5O2.ClH/c1-3-4-19(26)24-16-7-5-14(6-8-16)9-22-20(27)18-12-21-11-17(18)15-10-23-25(2)13-15;/h5-8,10,13,17-18,21H,3-4,9,11-12H2,1-2H3,(H,22,27)(H,24,26);1H/t17-,18+;/m1./s1. The van der Waals surface area contributed by atoms with Crippen LogP contribution in [-0.2, 0) is 23.2 Å². The van der Waals surface area contributed by atoms with Crippen molar-refractivity contribution in [2.75, 3.05) is 18.4 Å². The van der Waals surface area contributed by atoms with Crippen LogP contribution in [0.2, 0.25) is 0 Å². The molecule has 0 unspecified atom stereocenters. The van der Waals surface area contributed by atoms with Gasteiger partial charge in [0.1, 0.15) is 0 Å². The molecule has 8 heteroatoms. The van der Waals surface area contributed by atoms with Crippen molar-refractivity contribution >= 4 is 29.9 Å². The Hall–Kier alpha value is -2.38. The summed E-state index contributed by atoms with van der Waals surface area (Å²) in [5.74, 6) is 0.125. The number of hydrogen-bond donors (Lipinski definition) is 3. The van der Waals surface area contributed by atoms with E-state index in [1.165, 1.54) is 0 Å². The minimum absolute atomic E-state index is 0. The molecule has 7 nitrogen and oxygen atoms in total. The number of amides is 2. The fourth-order valence-corrected chi connectivity index (χ4v) is 3.41. The minimum Gasteiger partial charge on any atom is -0.352 e. The Morgan fingerprint density at radius 1 is 1.25 bits per heavy atom. The van der Waals surface area contributed by atoms with Crippen LogP contribution in [0.25, 0.3) is 0 Å². The largest absolute Gasteiger partial charge is 0.352 e. The van der Waals surface area contributed by atoms with E-state index in [0.717, 1.165) is 29.8 Å². The van der Waals surface area contributed by atoms with Crippen molar-refractivity contribution < 1.29 is 9.59 Å². The Labute approximate surface area is 171 Å². The molecule has 0 saturated carbocycles. The molecule has 2 amide bonds. The van der Waals surface area contributed by atoms with Crippen LogP contribution in [-0.4, -0.2) is 34.7 Å². The number of anilines is 1. The maximum Gasteiger partial charge on any atom is 0.225 e. The zero-order chi connectivity index (χ0) is 19.2. The number of aromatic nitrogens is 2. The number of nitrogens with one attached hydrogen (secondary N) is 3. The lowest BCUT2D eigenvalue weighted by Gasteiger charge is -2.17. The average molecular weight is 406 g/mol. The summed E-state index contributed by atoms with van der Waals surface area (Å²) in [6.45, 7) is 3.91. The maximum absolute atomic E-state index is 12.7. The molecule has 2 heterocycles. The predicted molar refractivity (Wildman–Crippen MR) is 111 cm³/mol. The Morgan fingerprint density at radius 3 is 2.64 bits per heavy atom. The third kappa shape index (κ3) is 5.56. The van der Waals surface area contributed by atoms with Gasteiger partial charge in [0.2, 0.25) is 11.8 Å². The molecule has 2 atom stereocenters. The lowest BCUT2D eigenvalue weighted by molar-refractivity contribution is -0.125. The van der Waals surface area contributed by atoms with Gasteiger partial charge >= 0.3 is 0 Å². The summed E-state index contributed by atoms with van der Waals surface area (Å²) in [6, 6.07) is 7.58. The van der Waals surface area contributed by atoms with Crippen molar-refractivity contribution in [1.82, 2.24) is 20.4 Å². The van der Waals surface area contributed by atoms with Crippen molar-refractivity contribution in [2.45, 2.75) is 32.2 Å². The molecule has 3 rings (SSSR count). The average Bonchev–Trinajstić information content (AvgIpc) is 3.30. The fourth-order valence-electron chi connectivity index (χ4n) is 3.41. The molecule has 1 saturated heterocycles. The molecule has 1 aliphatic heterocycles. The van der Waals surface area contributed by atoms with E-state index < -0.39 is 0 Å². The second kappa shape index (κ2) is 10.2. The molecular weight excluding hydrogens is 378 g/mol. The van der Waals surface area contributed by atoms with E-state index in [1.54, 1.807) is 4.68 Å². The molecule has 0 bridgehead atoms. The molecule has 1 fully saturated rings. The van der Waals surface area contributed by atoms with Gasteiger partial charge in [0, 0.05) is 50.9 Å². The Kier molecular flexibility index (Phi) is 8.02. The number of hydrogen-bond acceptors (Lipinski definition) is 4. The van der Waals surface area contributed by atoms with Gasteiger partial charge in [-0.25, -0.2) is 0 Å². The van der Waals surface area contributed by atoms with Crippen molar-refractivity contribution in [3.63, 3.8) is 0 Å². The van der Waals surface area contributed by atoms with Gasteiger partial charge in [0.15, 0.2) is 0 Å². The summed E-state index contributed by atoms with van der Waals surface area (Å²) < 4.78 is 1.77. The summed E-state index contributed by atoms with van der Waals surface area (Å²) >= 11 is 0. The first kappa shape index (κ1) is 21.9. The first-order valence-corrected chi connectivity index (χ1v) is 9.42. The molecule has 28 heavy (non-hydrogen) atoms. The number of carbonyl (C=O) groups is 2. The summed E-state index contributed by atoms with van der Waals surface area (Å²) in [4.78, 5) is 24.3. The highest BCUT2D eigenvalue weighted by molar-refractivity contribution is 5.90. The summed E-state index contributed by atoms with van der Waals surface area (Å²) in [7, 11) is 1.88.